The molecule has 2 heterocycles. The first-order valence-corrected chi connectivity index (χ1v) is 9.63. The molecule has 0 aliphatic carbocycles. The fourth-order valence-corrected chi connectivity index (χ4v) is 4.14. The second kappa shape index (κ2) is 6.78. The summed E-state index contributed by atoms with van der Waals surface area (Å²) in [5, 5.41) is 5.11. The number of amides is 1. The number of primary sulfonamides is 1. The molecule has 2 aromatic rings. The minimum absolute atomic E-state index is 0.0564. The molecule has 3 N–H and O–H groups in total. The van der Waals surface area contributed by atoms with Gasteiger partial charge < -0.3 is 9.88 Å². The van der Waals surface area contributed by atoms with Crippen molar-refractivity contribution in [3.05, 3.63) is 59.4 Å². The van der Waals surface area contributed by atoms with Gasteiger partial charge in [-0.2, -0.15) is 0 Å². The molecule has 1 unspecified atom stereocenters. The van der Waals surface area contributed by atoms with Crippen molar-refractivity contribution in [3.63, 3.8) is 0 Å². The van der Waals surface area contributed by atoms with E-state index in [2.05, 4.69) is 4.98 Å². The highest BCUT2D eigenvalue weighted by Gasteiger charge is 2.30. The van der Waals surface area contributed by atoms with E-state index in [9.17, 15) is 13.2 Å². The highest BCUT2D eigenvalue weighted by atomic mass is 32.2. The van der Waals surface area contributed by atoms with E-state index in [1.807, 2.05) is 36.5 Å². The summed E-state index contributed by atoms with van der Waals surface area (Å²) in [6, 6.07) is 9.96. The van der Waals surface area contributed by atoms with Crippen LogP contribution >= 0.6 is 0 Å². The highest BCUT2D eigenvalue weighted by Crippen LogP contribution is 2.22. The molecular formula is C17H21N3O3S. The maximum Gasteiger partial charge on any atom is 0.255 e. The van der Waals surface area contributed by atoms with Crippen LogP contribution in [0.25, 0.3) is 0 Å². The molecule has 0 spiro atoms. The SMILES string of the molecule is NS(=O)(=O)CC1CCN(C(=O)c2c[nH]cc2Cc2ccccc2)C1. The number of aromatic amines is 1. The third-order valence-electron chi connectivity index (χ3n) is 4.34. The number of hydrogen-bond acceptors (Lipinski definition) is 3. The topological polar surface area (TPSA) is 96.3 Å². The lowest BCUT2D eigenvalue weighted by atomic mass is 10.0. The number of likely N-dealkylation sites (tertiary alicyclic amines) is 1. The van der Waals surface area contributed by atoms with E-state index in [1.165, 1.54) is 0 Å². The zero-order valence-corrected chi connectivity index (χ0v) is 14.1. The van der Waals surface area contributed by atoms with Crippen LogP contribution in [0.15, 0.2) is 42.7 Å². The third-order valence-corrected chi connectivity index (χ3v) is 5.28. The smallest absolute Gasteiger partial charge is 0.255 e. The number of sulfonamides is 1. The number of rotatable bonds is 5. The predicted molar refractivity (Wildman–Crippen MR) is 92.0 cm³/mol. The van der Waals surface area contributed by atoms with E-state index < -0.39 is 10.0 Å². The van der Waals surface area contributed by atoms with Crippen molar-refractivity contribution >= 4 is 15.9 Å². The molecule has 3 rings (SSSR count). The number of nitrogens with zero attached hydrogens (tertiary/aromatic N) is 1. The summed E-state index contributed by atoms with van der Waals surface area (Å²) in [5.41, 5.74) is 2.73. The van der Waals surface area contributed by atoms with Crippen molar-refractivity contribution in [2.45, 2.75) is 12.8 Å². The van der Waals surface area contributed by atoms with Crippen LogP contribution in [0.3, 0.4) is 0 Å². The lowest BCUT2D eigenvalue weighted by molar-refractivity contribution is 0.0787. The Kier molecular flexibility index (Phi) is 4.73. The van der Waals surface area contributed by atoms with Crippen molar-refractivity contribution in [1.29, 1.82) is 0 Å². The molecule has 1 aliphatic heterocycles. The van der Waals surface area contributed by atoms with Gasteiger partial charge in [0, 0.05) is 25.5 Å². The Morgan fingerprint density at radius 1 is 1.25 bits per heavy atom. The second-order valence-corrected chi connectivity index (χ2v) is 7.95. The average Bonchev–Trinajstić information content (AvgIpc) is 3.15. The van der Waals surface area contributed by atoms with E-state index in [4.69, 9.17) is 5.14 Å². The lowest BCUT2D eigenvalue weighted by Gasteiger charge is -2.16. The average molecular weight is 347 g/mol. The number of carbonyl (C=O) groups excluding carboxylic acids is 1. The standard InChI is InChI=1S/C17H21N3O3S/c18-24(22,23)12-14-6-7-20(11-14)17(21)16-10-19-9-15(16)8-13-4-2-1-3-5-13/h1-5,9-10,14,19H,6-8,11-12H2,(H2,18,22,23). The van der Waals surface area contributed by atoms with Gasteiger partial charge in [-0.3, -0.25) is 4.79 Å². The predicted octanol–water partition coefficient (Wildman–Crippen LogP) is 1.36. The number of aromatic nitrogens is 1. The van der Waals surface area contributed by atoms with Gasteiger partial charge in [0.15, 0.2) is 0 Å². The molecule has 1 fully saturated rings. The summed E-state index contributed by atoms with van der Waals surface area (Å²) in [6.45, 7) is 1.00. The van der Waals surface area contributed by atoms with Gasteiger partial charge in [-0.05, 0) is 29.9 Å². The van der Waals surface area contributed by atoms with Crippen molar-refractivity contribution in [3.8, 4) is 0 Å². The first kappa shape index (κ1) is 16.7. The minimum Gasteiger partial charge on any atom is -0.367 e. The Balaban J connectivity index is 1.69. The van der Waals surface area contributed by atoms with Gasteiger partial charge in [-0.25, -0.2) is 13.6 Å². The van der Waals surface area contributed by atoms with Gasteiger partial charge in [0.1, 0.15) is 0 Å². The van der Waals surface area contributed by atoms with Crippen molar-refractivity contribution in [2.75, 3.05) is 18.8 Å². The molecule has 24 heavy (non-hydrogen) atoms. The maximum atomic E-state index is 12.8. The Morgan fingerprint density at radius 2 is 2.00 bits per heavy atom. The summed E-state index contributed by atoms with van der Waals surface area (Å²) in [5.74, 6) is -0.208. The van der Waals surface area contributed by atoms with Crippen LogP contribution in [0.1, 0.15) is 27.9 Å². The van der Waals surface area contributed by atoms with E-state index in [-0.39, 0.29) is 17.6 Å². The highest BCUT2D eigenvalue weighted by molar-refractivity contribution is 7.89. The molecule has 7 heteroatoms. The fourth-order valence-electron chi connectivity index (χ4n) is 3.21. The van der Waals surface area contributed by atoms with Crippen LogP contribution < -0.4 is 5.14 Å². The van der Waals surface area contributed by atoms with Crippen LogP contribution in [0.4, 0.5) is 0 Å². The maximum absolute atomic E-state index is 12.8. The zero-order chi connectivity index (χ0) is 17.2. The number of nitrogens with one attached hydrogen (secondary N) is 1. The lowest BCUT2D eigenvalue weighted by Crippen LogP contribution is -2.31. The van der Waals surface area contributed by atoms with Gasteiger partial charge in [-0.1, -0.05) is 30.3 Å². The van der Waals surface area contributed by atoms with Gasteiger partial charge in [0.2, 0.25) is 10.0 Å². The number of carbonyl (C=O) groups is 1. The van der Waals surface area contributed by atoms with Crippen molar-refractivity contribution in [2.24, 2.45) is 11.1 Å². The monoisotopic (exact) mass is 347 g/mol. The number of hydrogen-bond donors (Lipinski definition) is 2. The van der Waals surface area contributed by atoms with E-state index in [0.29, 0.717) is 31.5 Å². The molecule has 1 amide bonds. The molecule has 1 aromatic carbocycles. The number of H-pyrrole nitrogens is 1. The molecule has 0 radical (unpaired) electrons. The van der Waals surface area contributed by atoms with Crippen molar-refractivity contribution in [1.82, 2.24) is 9.88 Å². The summed E-state index contributed by atoms with van der Waals surface area (Å²) in [7, 11) is -3.50. The molecule has 6 nitrogen and oxygen atoms in total. The molecule has 1 aliphatic rings. The zero-order valence-electron chi connectivity index (χ0n) is 13.3. The fraction of sp³-hybridized carbons (Fsp3) is 0.353. The van der Waals surface area contributed by atoms with Gasteiger partial charge in [-0.15, -0.1) is 0 Å². The minimum atomic E-state index is -3.50. The second-order valence-electron chi connectivity index (χ2n) is 6.29. The first-order valence-electron chi connectivity index (χ1n) is 7.92. The number of nitrogens with two attached hydrogens (primary N) is 1. The number of benzene rings is 1. The quantitative estimate of drug-likeness (QED) is 0.854. The van der Waals surface area contributed by atoms with Crippen LogP contribution in [-0.4, -0.2) is 43.1 Å². The third kappa shape index (κ3) is 4.04. The summed E-state index contributed by atoms with van der Waals surface area (Å²) in [6.07, 6.45) is 4.91. The molecular weight excluding hydrogens is 326 g/mol. The van der Waals surface area contributed by atoms with E-state index in [0.717, 1.165) is 11.1 Å². The normalized spacial score (nSPS) is 18.0. The molecule has 128 valence electrons. The van der Waals surface area contributed by atoms with E-state index in [1.54, 1.807) is 11.1 Å². The summed E-state index contributed by atoms with van der Waals surface area (Å²) in [4.78, 5) is 17.5. The molecule has 0 bridgehead atoms. The van der Waals surface area contributed by atoms with E-state index >= 15 is 0 Å². The summed E-state index contributed by atoms with van der Waals surface area (Å²) < 4.78 is 22.4. The molecule has 1 atom stereocenters. The molecule has 1 aromatic heterocycles. The summed E-state index contributed by atoms with van der Waals surface area (Å²) >= 11 is 0. The van der Waals surface area contributed by atoms with Crippen molar-refractivity contribution < 1.29 is 13.2 Å². The van der Waals surface area contributed by atoms with Crippen LogP contribution in [-0.2, 0) is 16.4 Å². The molecule has 1 saturated heterocycles. The first-order chi connectivity index (χ1) is 11.4. The Bertz CT molecular complexity index is 815. The Labute approximate surface area is 141 Å². The Hall–Kier alpha value is -2.12. The van der Waals surface area contributed by atoms with Gasteiger partial charge in [0.05, 0.1) is 11.3 Å². The van der Waals surface area contributed by atoms with Crippen LogP contribution in [0.2, 0.25) is 0 Å². The largest absolute Gasteiger partial charge is 0.367 e. The van der Waals surface area contributed by atoms with Gasteiger partial charge >= 0.3 is 0 Å². The van der Waals surface area contributed by atoms with Crippen LogP contribution in [0.5, 0.6) is 0 Å². The molecule has 0 saturated carbocycles. The Morgan fingerprint density at radius 3 is 2.71 bits per heavy atom. The van der Waals surface area contributed by atoms with Crippen LogP contribution in [0, 0.1) is 5.92 Å². The van der Waals surface area contributed by atoms with Gasteiger partial charge in [0.25, 0.3) is 5.91 Å².